The Morgan fingerprint density at radius 2 is 2.55 bits per heavy atom. The minimum Gasteiger partial charge on any atom is -0.381 e. The molecule has 0 amide bonds. The highest BCUT2D eigenvalue weighted by atomic mass is 16.5. The third-order valence-corrected chi connectivity index (χ3v) is 2.60. The van der Waals surface area contributed by atoms with E-state index in [-0.39, 0.29) is 0 Å². The maximum atomic E-state index is 5.33. The Bertz CT molecular complexity index is 114. The van der Waals surface area contributed by atoms with E-state index < -0.39 is 0 Å². The molecule has 1 aliphatic rings. The lowest BCUT2D eigenvalue weighted by atomic mass is 9.90. The van der Waals surface area contributed by atoms with Crippen molar-refractivity contribution in [2.45, 2.75) is 26.2 Å². The van der Waals surface area contributed by atoms with Crippen LogP contribution in [0.1, 0.15) is 26.2 Å². The third kappa shape index (κ3) is 2.66. The van der Waals surface area contributed by atoms with Gasteiger partial charge in [-0.1, -0.05) is 13.0 Å². The van der Waals surface area contributed by atoms with E-state index in [1.54, 1.807) is 0 Å². The molecule has 0 aromatic rings. The van der Waals surface area contributed by atoms with Crippen LogP contribution in [0.15, 0.2) is 12.7 Å². The molecule has 1 nitrogen and oxygen atoms in total. The molecule has 0 N–H and O–H groups in total. The fourth-order valence-corrected chi connectivity index (χ4v) is 1.62. The van der Waals surface area contributed by atoms with Gasteiger partial charge < -0.3 is 4.74 Å². The number of ether oxygens (including phenoxy) is 1. The van der Waals surface area contributed by atoms with Crippen molar-refractivity contribution in [1.29, 1.82) is 0 Å². The van der Waals surface area contributed by atoms with Crippen molar-refractivity contribution in [1.82, 2.24) is 0 Å². The van der Waals surface area contributed by atoms with E-state index in [0.717, 1.165) is 31.5 Å². The Hall–Kier alpha value is -0.300. The van der Waals surface area contributed by atoms with E-state index >= 15 is 0 Å². The normalized spacial score (nSPS) is 26.8. The molecule has 0 aromatic heterocycles. The van der Waals surface area contributed by atoms with Crippen LogP contribution in [0.2, 0.25) is 0 Å². The van der Waals surface area contributed by atoms with Crippen LogP contribution in [0.4, 0.5) is 0 Å². The van der Waals surface area contributed by atoms with Crippen molar-refractivity contribution < 1.29 is 4.74 Å². The van der Waals surface area contributed by atoms with Gasteiger partial charge in [0.25, 0.3) is 0 Å². The first-order chi connectivity index (χ1) is 5.34. The zero-order chi connectivity index (χ0) is 8.10. The summed E-state index contributed by atoms with van der Waals surface area (Å²) in [5, 5.41) is 0. The number of rotatable bonds is 4. The third-order valence-electron chi connectivity index (χ3n) is 2.60. The molecular weight excluding hydrogens is 136 g/mol. The average molecular weight is 154 g/mol. The monoisotopic (exact) mass is 154 g/mol. The van der Waals surface area contributed by atoms with Gasteiger partial charge in [-0.2, -0.15) is 0 Å². The molecule has 0 aromatic carbocycles. The summed E-state index contributed by atoms with van der Waals surface area (Å²) in [5.41, 5.74) is 0. The van der Waals surface area contributed by atoms with Gasteiger partial charge in [0.2, 0.25) is 0 Å². The molecule has 11 heavy (non-hydrogen) atoms. The summed E-state index contributed by atoms with van der Waals surface area (Å²) in [7, 11) is 0. The van der Waals surface area contributed by atoms with Crippen LogP contribution >= 0.6 is 0 Å². The van der Waals surface area contributed by atoms with Crippen LogP contribution in [0.3, 0.4) is 0 Å². The zero-order valence-electron chi connectivity index (χ0n) is 7.38. The van der Waals surface area contributed by atoms with E-state index in [1.165, 1.54) is 12.8 Å². The fraction of sp³-hybridized carbons (Fsp3) is 0.800. The van der Waals surface area contributed by atoms with Crippen LogP contribution in [-0.2, 0) is 4.74 Å². The highest BCUT2D eigenvalue weighted by Crippen LogP contribution is 2.25. The highest BCUT2D eigenvalue weighted by molar-refractivity contribution is 4.74. The van der Waals surface area contributed by atoms with E-state index in [2.05, 4.69) is 13.5 Å². The molecule has 64 valence electrons. The molecule has 0 saturated carbocycles. The van der Waals surface area contributed by atoms with Crippen molar-refractivity contribution in [3.05, 3.63) is 12.7 Å². The van der Waals surface area contributed by atoms with Crippen molar-refractivity contribution in [2.75, 3.05) is 13.2 Å². The van der Waals surface area contributed by atoms with Crippen LogP contribution in [0.5, 0.6) is 0 Å². The Morgan fingerprint density at radius 1 is 1.73 bits per heavy atom. The number of hydrogen-bond donors (Lipinski definition) is 0. The van der Waals surface area contributed by atoms with Gasteiger partial charge in [-0.05, 0) is 31.1 Å². The lowest BCUT2D eigenvalue weighted by Gasteiger charge is -2.15. The molecule has 0 radical (unpaired) electrons. The van der Waals surface area contributed by atoms with Gasteiger partial charge in [-0.15, -0.1) is 6.58 Å². The molecule has 1 rings (SSSR count). The Balaban J connectivity index is 2.16. The standard InChI is InChI=1S/C10H18O/c1-3-4-5-9(2)10-6-7-11-8-10/h3,9-10H,1,4-8H2,2H3. The fourth-order valence-electron chi connectivity index (χ4n) is 1.62. The summed E-state index contributed by atoms with van der Waals surface area (Å²) in [6, 6.07) is 0. The van der Waals surface area contributed by atoms with Crippen molar-refractivity contribution in [3.63, 3.8) is 0 Å². The van der Waals surface area contributed by atoms with Crippen LogP contribution in [0, 0.1) is 11.8 Å². The summed E-state index contributed by atoms with van der Waals surface area (Å²) in [4.78, 5) is 0. The second-order valence-corrected chi connectivity index (χ2v) is 3.47. The minimum atomic E-state index is 0.815. The molecule has 1 fully saturated rings. The first-order valence-corrected chi connectivity index (χ1v) is 4.53. The second kappa shape index (κ2) is 4.55. The molecule has 0 spiro atoms. The molecule has 2 unspecified atom stereocenters. The highest BCUT2D eigenvalue weighted by Gasteiger charge is 2.21. The first-order valence-electron chi connectivity index (χ1n) is 4.53. The van der Waals surface area contributed by atoms with Gasteiger partial charge in [0.05, 0.1) is 0 Å². The zero-order valence-corrected chi connectivity index (χ0v) is 7.38. The average Bonchev–Trinajstić information content (AvgIpc) is 2.52. The van der Waals surface area contributed by atoms with Gasteiger partial charge in [0.15, 0.2) is 0 Å². The summed E-state index contributed by atoms with van der Waals surface area (Å²) in [5.74, 6) is 1.63. The van der Waals surface area contributed by atoms with Gasteiger partial charge in [-0.3, -0.25) is 0 Å². The first kappa shape index (κ1) is 8.79. The van der Waals surface area contributed by atoms with Gasteiger partial charge in [-0.25, -0.2) is 0 Å². The SMILES string of the molecule is C=CCCC(C)C1CCOC1. The molecule has 1 saturated heterocycles. The van der Waals surface area contributed by atoms with E-state index in [1.807, 2.05) is 6.08 Å². The maximum absolute atomic E-state index is 5.33. The van der Waals surface area contributed by atoms with Gasteiger partial charge in [0, 0.05) is 13.2 Å². The molecule has 1 heterocycles. The molecule has 1 heteroatoms. The summed E-state index contributed by atoms with van der Waals surface area (Å²) < 4.78 is 5.33. The van der Waals surface area contributed by atoms with Gasteiger partial charge >= 0.3 is 0 Å². The minimum absolute atomic E-state index is 0.815. The number of allylic oxidation sites excluding steroid dienone is 1. The topological polar surface area (TPSA) is 9.23 Å². The van der Waals surface area contributed by atoms with E-state index in [0.29, 0.717) is 0 Å². The second-order valence-electron chi connectivity index (χ2n) is 3.47. The summed E-state index contributed by atoms with van der Waals surface area (Å²) >= 11 is 0. The van der Waals surface area contributed by atoms with Crippen LogP contribution in [-0.4, -0.2) is 13.2 Å². The predicted octanol–water partition coefficient (Wildman–Crippen LogP) is 2.63. The maximum Gasteiger partial charge on any atom is 0.0497 e. The lowest BCUT2D eigenvalue weighted by molar-refractivity contribution is 0.173. The predicted molar refractivity (Wildman–Crippen MR) is 47.5 cm³/mol. The van der Waals surface area contributed by atoms with Crippen molar-refractivity contribution in [3.8, 4) is 0 Å². The summed E-state index contributed by atoms with van der Waals surface area (Å²) in [6.07, 6.45) is 5.69. The summed E-state index contributed by atoms with van der Waals surface area (Å²) in [6.45, 7) is 8.01. The molecule has 1 aliphatic heterocycles. The van der Waals surface area contributed by atoms with Gasteiger partial charge in [0.1, 0.15) is 0 Å². The molecular formula is C10H18O. The molecule has 0 bridgehead atoms. The molecule has 0 aliphatic carbocycles. The molecule has 2 atom stereocenters. The van der Waals surface area contributed by atoms with E-state index in [9.17, 15) is 0 Å². The number of hydrogen-bond acceptors (Lipinski definition) is 1. The van der Waals surface area contributed by atoms with Crippen LogP contribution < -0.4 is 0 Å². The Morgan fingerprint density at radius 3 is 3.09 bits per heavy atom. The van der Waals surface area contributed by atoms with E-state index in [4.69, 9.17) is 4.74 Å². The Labute approximate surface area is 69.4 Å². The smallest absolute Gasteiger partial charge is 0.0497 e. The Kier molecular flexibility index (Phi) is 3.64. The lowest BCUT2D eigenvalue weighted by Crippen LogP contribution is -2.10. The van der Waals surface area contributed by atoms with Crippen LogP contribution in [0.25, 0.3) is 0 Å². The quantitative estimate of drug-likeness (QED) is 0.566. The van der Waals surface area contributed by atoms with Crippen molar-refractivity contribution >= 4 is 0 Å². The largest absolute Gasteiger partial charge is 0.381 e. The van der Waals surface area contributed by atoms with Crippen molar-refractivity contribution in [2.24, 2.45) is 11.8 Å².